The van der Waals surface area contributed by atoms with Crippen LogP contribution in [0.1, 0.15) is 34.5 Å². The molecule has 0 spiro atoms. The molecule has 0 saturated heterocycles. The number of aromatic nitrogens is 1. The zero-order valence-electron chi connectivity index (χ0n) is 11.1. The van der Waals surface area contributed by atoms with Gasteiger partial charge in [-0.3, -0.25) is 0 Å². The van der Waals surface area contributed by atoms with Crippen LogP contribution in [-0.4, -0.2) is 15.6 Å². The highest BCUT2D eigenvalue weighted by atomic mass is 16.4. The highest BCUT2D eigenvalue weighted by Gasteiger charge is 2.15. The van der Waals surface area contributed by atoms with Gasteiger partial charge in [-0.15, -0.1) is 0 Å². The van der Waals surface area contributed by atoms with E-state index in [9.17, 15) is 9.90 Å². The van der Waals surface area contributed by atoms with Gasteiger partial charge in [-0.2, -0.15) is 5.26 Å². The maximum atomic E-state index is 11.3. The molecule has 19 heavy (non-hydrogen) atoms. The van der Waals surface area contributed by atoms with Crippen molar-refractivity contribution in [3.8, 4) is 6.07 Å². The molecule has 0 aliphatic heterocycles. The van der Waals surface area contributed by atoms with Crippen LogP contribution >= 0.6 is 0 Å². The first-order valence-electron chi connectivity index (χ1n) is 6.26. The van der Waals surface area contributed by atoms with Crippen LogP contribution in [0.4, 0.5) is 0 Å². The Morgan fingerprint density at radius 2 is 2.16 bits per heavy atom. The van der Waals surface area contributed by atoms with Gasteiger partial charge < -0.3 is 9.67 Å². The SMILES string of the molecule is Cc1ccc2c(cc(C(=O)O)n2CCCC#N)c1C. The van der Waals surface area contributed by atoms with Crippen LogP contribution in [0, 0.1) is 25.2 Å². The number of benzene rings is 1. The van der Waals surface area contributed by atoms with Crippen molar-refractivity contribution in [3.63, 3.8) is 0 Å². The number of hydrogen-bond donors (Lipinski definition) is 1. The van der Waals surface area contributed by atoms with Crippen LogP contribution in [0.2, 0.25) is 0 Å². The first-order chi connectivity index (χ1) is 9.06. The number of unbranched alkanes of at least 4 members (excludes halogenated alkanes) is 1. The van der Waals surface area contributed by atoms with E-state index in [1.807, 2.05) is 26.0 Å². The Morgan fingerprint density at radius 3 is 2.79 bits per heavy atom. The van der Waals surface area contributed by atoms with E-state index in [-0.39, 0.29) is 0 Å². The van der Waals surface area contributed by atoms with E-state index in [2.05, 4.69) is 6.07 Å². The number of hydrogen-bond acceptors (Lipinski definition) is 2. The van der Waals surface area contributed by atoms with E-state index in [1.54, 1.807) is 10.6 Å². The van der Waals surface area contributed by atoms with Gasteiger partial charge in [-0.25, -0.2) is 4.79 Å². The van der Waals surface area contributed by atoms with Crippen molar-refractivity contribution in [2.45, 2.75) is 33.2 Å². The van der Waals surface area contributed by atoms with Gasteiger partial charge in [-0.05, 0) is 43.5 Å². The Bertz CT molecular complexity index is 677. The summed E-state index contributed by atoms with van der Waals surface area (Å²) in [5.41, 5.74) is 3.48. The Balaban J connectivity index is 2.58. The van der Waals surface area contributed by atoms with Gasteiger partial charge in [-0.1, -0.05) is 6.07 Å². The summed E-state index contributed by atoms with van der Waals surface area (Å²) in [7, 11) is 0. The molecule has 0 bridgehead atoms. The van der Waals surface area contributed by atoms with Crippen molar-refractivity contribution in [3.05, 3.63) is 35.0 Å². The number of nitriles is 1. The summed E-state index contributed by atoms with van der Waals surface area (Å²) in [4.78, 5) is 11.3. The second-order valence-corrected chi connectivity index (χ2v) is 4.69. The first-order valence-corrected chi connectivity index (χ1v) is 6.26. The number of aromatic carboxylic acids is 1. The average Bonchev–Trinajstić information content (AvgIpc) is 2.74. The van der Waals surface area contributed by atoms with E-state index in [1.165, 1.54) is 0 Å². The molecule has 0 radical (unpaired) electrons. The number of aryl methyl sites for hydroxylation is 3. The molecule has 4 heteroatoms. The lowest BCUT2D eigenvalue weighted by molar-refractivity contribution is 0.0685. The Morgan fingerprint density at radius 1 is 1.42 bits per heavy atom. The first kappa shape index (κ1) is 13.2. The largest absolute Gasteiger partial charge is 0.477 e. The molecule has 0 fully saturated rings. The fourth-order valence-corrected chi connectivity index (χ4v) is 2.32. The third-order valence-corrected chi connectivity index (χ3v) is 3.51. The molecule has 0 amide bonds. The molecule has 1 aromatic heterocycles. The van der Waals surface area contributed by atoms with E-state index in [0.29, 0.717) is 25.1 Å². The maximum Gasteiger partial charge on any atom is 0.352 e. The third kappa shape index (κ3) is 2.32. The molecular weight excluding hydrogens is 240 g/mol. The smallest absolute Gasteiger partial charge is 0.352 e. The number of carboxylic acid groups (broad SMARTS) is 1. The Kier molecular flexibility index (Phi) is 3.57. The summed E-state index contributed by atoms with van der Waals surface area (Å²) in [6, 6.07) is 7.77. The molecule has 0 unspecified atom stereocenters. The summed E-state index contributed by atoms with van der Waals surface area (Å²) in [5, 5.41) is 18.9. The van der Waals surface area contributed by atoms with Crippen LogP contribution in [0.25, 0.3) is 10.9 Å². The molecule has 1 aromatic carbocycles. The number of fused-ring (bicyclic) bond motifs is 1. The van der Waals surface area contributed by atoms with Gasteiger partial charge in [0.2, 0.25) is 0 Å². The summed E-state index contributed by atoms with van der Waals surface area (Å²) in [6.45, 7) is 4.58. The second kappa shape index (κ2) is 5.15. The van der Waals surface area contributed by atoms with Crippen LogP contribution < -0.4 is 0 Å². The number of rotatable bonds is 4. The van der Waals surface area contributed by atoms with Crippen molar-refractivity contribution in [1.82, 2.24) is 4.57 Å². The predicted octanol–water partition coefficient (Wildman–Crippen LogP) is 3.26. The topological polar surface area (TPSA) is 66.0 Å². The number of carboxylic acids is 1. The number of nitrogens with zero attached hydrogens (tertiary/aromatic N) is 2. The summed E-state index contributed by atoms with van der Waals surface area (Å²) >= 11 is 0. The second-order valence-electron chi connectivity index (χ2n) is 4.69. The van der Waals surface area contributed by atoms with E-state index in [0.717, 1.165) is 22.0 Å². The van der Waals surface area contributed by atoms with Crippen LogP contribution in [0.15, 0.2) is 18.2 Å². The third-order valence-electron chi connectivity index (χ3n) is 3.51. The molecule has 0 saturated carbocycles. The molecule has 4 nitrogen and oxygen atoms in total. The molecule has 2 aromatic rings. The summed E-state index contributed by atoms with van der Waals surface area (Å²) in [6.07, 6.45) is 1.09. The normalized spacial score (nSPS) is 10.6. The molecule has 0 aliphatic carbocycles. The van der Waals surface area contributed by atoms with Gasteiger partial charge in [0.15, 0.2) is 0 Å². The lowest BCUT2D eigenvalue weighted by atomic mass is 10.1. The van der Waals surface area contributed by atoms with E-state index < -0.39 is 5.97 Å². The van der Waals surface area contributed by atoms with Crippen LogP contribution in [-0.2, 0) is 6.54 Å². The van der Waals surface area contributed by atoms with Gasteiger partial charge in [0.25, 0.3) is 0 Å². The van der Waals surface area contributed by atoms with Crippen molar-refractivity contribution in [1.29, 1.82) is 5.26 Å². The van der Waals surface area contributed by atoms with Crippen molar-refractivity contribution in [2.24, 2.45) is 0 Å². The lowest BCUT2D eigenvalue weighted by Gasteiger charge is -2.08. The quantitative estimate of drug-likeness (QED) is 0.854. The zero-order valence-corrected chi connectivity index (χ0v) is 11.1. The van der Waals surface area contributed by atoms with Crippen molar-refractivity contribution in [2.75, 3.05) is 0 Å². The number of carbonyl (C=O) groups is 1. The minimum Gasteiger partial charge on any atom is -0.477 e. The fraction of sp³-hybridized carbons (Fsp3) is 0.333. The molecule has 98 valence electrons. The highest BCUT2D eigenvalue weighted by Crippen LogP contribution is 2.26. The molecule has 0 aliphatic rings. The van der Waals surface area contributed by atoms with Crippen LogP contribution in [0.3, 0.4) is 0 Å². The average molecular weight is 256 g/mol. The standard InChI is InChI=1S/C15H16N2O2/c1-10-5-6-13-12(11(10)2)9-14(15(18)19)17(13)8-4-3-7-16/h5-6,9H,3-4,8H2,1-2H3,(H,18,19). The highest BCUT2D eigenvalue weighted by molar-refractivity contribution is 5.96. The Labute approximate surface area is 111 Å². The van der Waals surface area contributed by atoms with Gasteiger partial charge in [0.05, 0.1) is 6.07 Å². The predicted molar refractivity (Wildman–Crippen MR) is 73.2 cm³/mol. The monoisotopic (exact) mass is 256 g/mol. The van der Waals surface area contributed by atoms with Crippen LogP contribution in [0.5, 0.6) is 0 Å². The van der Waals surface area contributed by atoms with Gasteiger partial charge in [0, 0.05) is 23.9 Å². The molecule has 2 rings (SSSR count). The van der Waals surface area contributed by atoms with Crippen molar-refractivity contribution < 1.29 is 9.90 Å². The summed E-state index contributed by atoms with van der Waals surface area (Å²) in [5.74, 6) is -0.926. The minimum atomic E-state index is -0.926. The minimum absolute atomic E-state index is 0.293. The van der Waals surface area contributed by atoms with E-state index in [4.69, 9.17) is 5.26 Å². The zero-order chi connectivity index (χ0) is 14.0. The van der Waals surface area contributed by atoms with Gasteiger partial charge >= 0.3 is 5.97 Å². The Hall–Kier alpha value is -2.28. The maximum absolute atomic E-state index is 11.3. The van der Waals surface area contributed by atoms with Crippen molar-refractivity contribution >= 4 is 16.9 Å². The fourth-order valence-electron chi connectivity index (χ4n) is 2.32. The molecule has 0 atom stereocenters. The lowest BCUT2D eigenvalue weighted by Crippen LogP contribution is -2.08. The molecule has 1 N–H and O–H groups in total. The van der Waals surface area contributed by atoms with E-state index >= 15 is 0 Å². The van der Waals surface area contributed by atoms with Gasteiger partial charge in [0.1, 0.15) is 5.69 Å². The summed E-state index contributed by atoms with van der Waals surface area (Å²) < 4.78 is 1.79. The molecular formula is C15H16N2O2. The molecule has 1 heterocycles.